The molecule has 0 spiro atoms. The van der Waals surface area contributed by atoms with Crippen LogP contribution in [0, 0.1) is 0 Å². The van der Waals surface area contributed by atoms with E-state index in [9.17, 15) is 0 Å². The first kappa shape index (κ1) is 32.6. The van der Waals surface area contributed by atoms with Crippen LogP contribution in [0.4, 0.5) is 22.7 Å². The monoisotopic (exact) mass is 633 g/mol. The fourth-order valence-electron chi connectivity index (χ4n) is 9.08. The quantitative estimate of drug-likeness (QED) is 0.228. The van der Waals surface area contributed by atoms with Gasteiger partial charge < -0.3 is 15.5 Å². The van der Waals surface area contributed by atoms with Crippen molar-refractivity contribution in [3.05, 3.63) is 48.5 Å². The molecule has 44 heavy (non-hydrogen) atoms. The Morgan fingerprint density at radius 1 is 0.477 bits per heavy atom. The van der Waals surface area contributed by atoms with Crippen LogP contribution >= 0.6 is 15.8 Å². The van der Waals surface area contributed by atoms with E-state index in [0.717, 1.165) is 22.6 Å². The molecular formula is C39H61N3P2. The van der Waals surface area contributed by atoms with Crippen molar-refractivity contribution < 1.29 is 0 Å². The van der Waals surface area contributed by atoms with Gasteiger partial charge in [0.1, 0.15) is 0 Å². The summed E-state index contributed by atoms with van der Waals surface area (Å²) in [5.74, 6) is 0. The normalized spacial score (nSPS) is 21.5. The van der Waals surface area contributed by atoms with E-state index in [4.69, 9.17) is 0 Å². The molecule has 0 aromatic heterocycles. The van der Waals surface area contributed by atoms with Gasteiger partial charge in [-0.2, -0.15) is 0 Å². The van der Waals surface area contributed by atoms with E-state index in [2.05, 4.69) is 71.1 Å². The molecule has 4 fully saturated rings. The molecule has 0 bridgehead atoms. The van der Waals surface area contributed by atoms with Crippen LogP contribution < -0.4 is 15.5 Å². The number of para-hydroxylation sites is 4. The molecule has 6 rings (SSSR count). The summed E-state index contributed by atoms with van der Waals surface area (Å²) in [7, 11) is 2.33. The van der Waals surface area contributed by atoms with Crippen molar-refractivity contribution in [2.24, 2.45) is 0 Å². The maximum atomic E-state index is 4.08. The SMILES string of the molecule is CN(c1ccccc1NCP(C1CCCCC1)C1CCCCC1)c1ccccc1NCP(C1CCCCC1)C1CCCCC1. The van der Waals surface area contributed by atoms with Crippen molar-refractivity contribution >= 4 is 38.6 Å². The molecule has 4 aliphatic carbocycles. The van der Waals surface area contributed by atoms with Gasteiger partial charge in [-0.1, -0.05) is 117 Å². The molecule has 0 saturated heterocycles. The van der Waals surface area contributed by atoms with Gasteiger partial charge in [0.15, 0.2) is 0 Å². The number of hydrogen-bond acceptors (Lipinski definition) is 3. The van der Waals surface area contributed by atoms with Gasteiger partial charge in [0.25, 0.3) is 0 Å². The highest BCUT2D eigenvalue weighted by molar-refractivity contribution is 7.59. The second kappa shape index (κ2) is 17.0. The Hall–Kier alpha value is -1.30. The summed E-state index contributed by atoms with van der Waals surface area (Å²) >= 11 is 0. The van der Waals surface area contributed by atoms with Crippen molar-refractivity contribution in [1.29, 1.82) is 0 Å². The average Bonchev–Trinajstić information content (AvgIpc) is 3.10. The summed E-state index contributed by atoms with van der Waals surface area (Å²) in [6.07, 6.45) is 31.8. The van der Waals surface area contributed by atoms with Gasteiger partial charge in [0.05, 0.1) is 22.7 Å². The van der Waals surface area contributed by atoms with Gasteiger partial charge in [-0.25, -0.2) is 0 Å². The number of rotatable bonds is 12. The summed E-state index contributed by atoms with van der Waals surface area (Å²) in [5.41, 5.74) is 9.17. The summed E-state index contributed by atoms with van der Waals surface area (Å²) < 4.78 is 0. The average molecular weight is 634 g/mol. The molecule has 3 nitrogen and oxygen atoms in total. The molecule has 242 valence electrons. The predicted molar refractivity (Wildman–Crippen MR) is 199 cm³/mol. The van der Waals surface area contributed by atoms with Crippen LogP contribution in [-0.2, 0) is 0 Å². The number of nitrogens with zero attached hydrogens (tertiary/aromatic N) is 1. The lowest BCUT2D eigenvalue weighted by Crippen LogP contribution is -2.25. The molecule has 2 aromatic rings. The van der Waals surface area contributed by atoms with E-state index < -0.39 is 0 Å². The number of benzene rings is 2. The molecule has 5 heteroatoms. The lowest BCUT2D eigenvalue weighted by molar-refractivity contribution is 0.484. The van der Waals surface area contributed by atoms with E-state index in [0.29, 0.717) is 0 Å². The maximum absolute atomic E-state index is 4.08. The van der Waals surface area contributed by atoms with Gasteiger partial charge in [0, 0.05) is 19.6 Å². The maximum Gasteiger partial charge on any atom is 0.0644 e. The van der Waals surface area contributed by atoms with E-state index >= 15 is 0 Å². The number of nitrogens with one attached hydrogen (secondary N) is 2. The predicted octanol–water partition coefficient (Wildman–Crippen LogP) is 12.5. The van der Waals surface area contributed by atoms with Gasteiger partial charge in [-0.05, 0) is 98.3 Å². The summed E-state index contributed by atoms with van der Waals surface area (Å²) in [5, 5.41) is 8.17. The zero-order chi connectivity index (χ0) is 30.0. The molecule has 0 unspecified atom stereocenters. The molecule has 0 amide bonds. The lowest BCUT2D eigenvalue weighted by Gasteiger charge is -2.39. The van der Waals surface area contributed by atoms with Crippen LogP contribution in [0.5, 0.6) is 0 Å². The second-order valence-corrected chi connectivity index (χ2v) is 20.1. The van der Waals surface area contributed by atoms with Crippen LogP contribution in [0.3, 0.4) is 0 Å². The van der Waals surface area contributed by atoms with Crippen molar-refractivity contribution in [3.8, 4) is 0 Å². The Morgan fingerprint density at radius 2 is 0.773 bits per heavy atom. The van der Waals surface area contributed by atoms with Gasteiger partial charge in [-0.3, -0.25) is 0 Å². The fourth-order valence-corrected chi connectivity index (χ4v) is 16.1. The first-order chi connectivity index (χ1) is 21.8. The molecule has 0 heterocycles. The minimum Gasteiger partial charge on any atom is -0.379 e. The van der Waals surface area contributed by atoms with E-state index in [1.165, 1.54) is 164 Å². The minimum absolute atomic E-state index is 0.0210. The Balaban J connectivity index is 1.16. The van der Waals surface area contributed by atoms with Gasteiger partial charge in [-0.15, -0.1) is 0 Å². The molecular weight excluding hydrogens is 572 g/mol. The molecule has 4 saturated carbocycles. The highest BCUT2D eigenvalue weighted by Gasteiger charge is 2.32. The molecule has 2 aromatic carbocycles. The first-order valence-corrected chi connectivity index (χ1v) is 22.0. The summed E-state index contributed by atoms with van der Waals surface area (Å²) in [6.45, 7) is 0. The van der Waals surface area contributed by atoms with E-state index in [-0.39, 0.29) is 15.8 Å². The van der Waals surface area contributed by atoms with Crippen LogP contribution in [0.25, 0.3) is 0 Å². The molecule has 0 atom stereocenters. The second-order valence-electron chi connectivity index (χ2n) is 14.5. The zero-order valence-corrected chi connectivity index (χ0v) is 29.6. The van der Waals surface area contributed by atoms with E-state index in [1.807, 2.05) is 0 Å². The van der Waals surface area contributed by atoms with Crippen molar-refractivity contribution in [2.75, 3.05) is 35.2 Å². The van der Waals surface area contributed by atoms with Crippen molar-refractivity contribution in [1.82, 2.24) is 0 Å². The third-order valence-electron chi connectivity index (χ3n) is 11.6. The van der Waals surface area contributed by atoms with Crippen LogP contribution in [0.2, 0.25) is 0 Å². The molecule has 0 aliphatic heterocycles. The number of hydrogen-bond donors (Lipinski definition) is 2. The zero-order valence-electron chi connectivity index (χ0n) is 27.8. The number of anilines is 4. The molecule has 0 radical (unpaired) electrons. The fraction of sp³-hybridized carbons (Fsp3) is 0.692. The molecule has 2 N–H and O–H groups in total. The smallest absolute Gasteiger partial charge is 0.0644 e. The molecule has 4 aliphatic rings. The first-order valence-electron chi connectivity index (χ1n) is 18.7. The minimum atomic E-state index is 0.0210. The summed E-state index contributed by atoms with van der Waals surface area (Å²) in [6, 6.07) is 18.3. The summed E-state index contributed by atoms with van der Waals surface area (Å²) in [4.78, 5) is 2.46. The van der Waals surface area contributed by atoms with Crippen LogP contribution in [-0.4, -0.2) is 42.3 Å². The Kier molecular flexibility index (Phi) is 12.6. The third kappa shape index (κ3) is 8.53. The standard InChI is InChI=1S/C39H61N3P2/c1-42(38-28-16-14-26-36(38)40-30-43(32-18-6-2-7-19-32)33-20-8-3-9-21-33)39-29-17-15-27-37(39)41-31-44(34-22-10-4-11-23-34)35-24-12-5-13-25-35/h14-17,26-29,32-35,40-41H,2-13,18-25,30-31H2,1H3. The largest absolute Gasteiger partial charge is 0.379 e. The van der Waals surface area contributed by atoms with Crippen LogP contribution in [0.1, 0.15) is 128 Å². The Bertz CT molecular complexity index is 992. The third-order valence-corrected chi connectivity index (χ3v) is 18.5. The topological polar surface area (TPSA) is 27.3 Å². The Morgan fingerprint density at radius 3 is 1.09 bits per heavy atom. The van der Waals surface area contributed by atoms with Crippen LogP contribution in [0.15, 0.2) is 48.5 Å². The highest BCUT2D eigenvalue weighted by Crippen LogP contribution is 2.57. The van der Waals surface area contributed by atoms with Gasteiger partial charge in [0.2, 0.25) is 0 Å². The van der Waals surface area contributed by atoms with Crippen molar-refractivity contribution in [2.45, 2.75) is 151 Å². The van der Waals surface area contributed by atoms with Gasteiger partial charge >= 0.3 is 0 Å². The van der Waals surface area contributed by atoms with Crippen molar-refractivity contribution in [3.63, 3.8) is 0 Å². The lowest BCUT2D eigenvalue weighted by atomic mass is 9.99. The Labute approximate surface area is 272 Å². The highest BCUT2D eigenvalue weighted by atomic mass is 31.1. The van der Waals surface area contributed by atoms with E-state index in [1.54, 1.807) is 0 Å².